The number of aromatic nitrogens is 3. The number of benzene rings is 1. The normalized spacial score (nSPS) is 12.2. The van der Waals surface area contributed by atoms with E-state index in [4.69, 9.17) is 16.0 Å². The van der Waals surface area contributed by atoms with Crippen LogP contribution in [0.5, 0.6) is 0 Å². The average molecular weight is 493 g/mol. The number of nitrogens with two attached hydrogens (primary N) is 2. The molecule has 188 valence electrons. The zero-order valence-corrected chi connectivity index (χ0v) is 19.7. The molecule has 0 bridgehead atoms. The van der Waals surface area contributed by atoms with Crippen molar-refractivity contribution in [3.63, 3.8) is 0 Å². The van der Waals surface area contributed by atoms with Crippen LogP contribution < -0.4 is 16.8 Å². The SMILES string of the molecule is CC(C)n1nc(-c2ccc(CC(=O)Nc3cc(CC(C)(C)C(F)(F)F)no3)cc2)c(C(N)=O)c1N. The molecule has 0 radical (unpaired) electrons. The Morgan fingerprint density at radius 2 is 1.80 bits per heavy atom. The summed E-state index contributed by atoms with van der Waals surface area (Å²) in [4.78, 5) is 24.3. The second-order valence-electron chi connectivity index (χ2n) is 9.17. The van der Waals surface area contributed by atoms with Gasteiger partial charge in [0.15, 0.2) is 0 Å². The van der Waals surface area contributed by atoms with Crippen LogP contribution in [0.15, 0.2) is 34.9 Å². The molecule has 2 heterocycles. The monoisotopic (exact) mass is 492 g/mol. The van der Waals surface area contributed by atoms with E-state index in [-0.39, 0.29) is 41.8 Å². The molecular formula is C23H27F3N6O3. The lowest BCUT2D eigenvalue weighted by atomic mass is 9.87. The van der Waals surface area contributed by atoms with E-state index in [1.807, 2.05) is 13.8 Å². The van der Waals surface area contributed by atoms with Crippen molar-refractivity contribution in [2.45, 2.75) is 52.8 Å². The van der Waals surface area contributed by atoms with Crippen LogP contribution in [-0.2, 0) is 17.6 Å². The summed E-state index contributed by atoms with van der Waals surface area (Å²) in [6.07, 6.45) is -4.82. The van der Waals surface area contributed by atoms with Gasteiger partial charge in [0.1, 0.15) is 17.1 Å². The summed E-state index contributed by atoms with van der Waals surface area (Å²) in [6, 6.07) is 7.93. The van der Waals surface area contributed by atoms with E-state index in [0.29, 0.717) is 16.8 Å². The number of nitrogens with one attached hydrogen (secondary N) is 1. The molecule has 0 atom stereocenters. The molecule has 0 fully saturated rings. The van der Waals surface area contributed by atoms with E-state index in [2.05, 4.69) is 15.6 Å². The molecule has 5 N–H and O–H groups in total. The maximum atomic E-state index is 13.1. The van der Waals surface area contributed by atoms with Gasteiger partial charge in [-0.2, -0.15) is 18.3 Å². The van der Waals surface area contributed by atoms with E-state index in [9.17, 15) is 22.8 Å². The fourth-order valence-corrected chi connectivity index (χ4v) is 3.44. The van der Waals surface area contributed by atoms with Crippen molar-refractivity contribution in [1.82, 2.24) is 14.9 Å². The smallest absolute Gasteiger partial charge is 0.383 e. The fraction of sp³-hybridized carbons (Fsp3) is 0.391. The Labute approximate surface area is 199 Å². The number of carbonyl (C=O) groups is 2. The van der Waals surface area contributed by atoms with Crippen molar-refractivity contribution < 1.29 is 27.3 Å². The minimum atomic E-state index is -4.40. The average Bonchev–Trinajstić information content (AvgIpc) is 3.31. The number of carbonyl (C=O) groups excluding carboxylic acids is 2. The van der Waals surface area contributed by atoms with Crippen molar-refractivity contribution in [2.75, 3.05) is 11.1 Å². The third kappa shape index (κ3) is 5.64. The van der Waals surface area contributed by atoms with E-state index < -0.39 is 23.4 Å². The van der Waals surface area contributed by atoms with Gasteiger partial charge in [-0.25, -0.2) is 4.68 Å². The van der Waals surface area contributed by atoms with Crippen LogP contribution in [0.4, 0.5) is 24.9 Å². The quantitative estimate of drug-likeness (QED) is 0.432. The van der Waals surface area contributed by atoms with Gasteiger partial charge in [-0.1, -0.05) is 43.3 Å². The van der Waals surface area contributed by atoms with Gasteiger partial charge in [-0.05, 0) is 19.4 Å². The molecule has 0 saturated heterocycles. The first-order chi connectivity index (χ1) is 16.2. The fourth-order valence-electron chi connectivity index (χ4n) is 3.44. The predicted octanol–water partition coefficient (Wildman–Crippen LogP) is 4.11. The summed E-state index contributed by atoms with van der Waals surface area (Å²) in [5.74, 6) is -1.00. The number of alkyl halides is 3. The van der Waals surface area contributed by atoms with Gasteiger partial charge in [0, 0.05) is 24.1 Å². The minimum absolute atomic E-state index is 0.0321. The summed E-state index contributed by atoms with van der Waals surface area (Å²) >= 11 is 0. The van der Waals surface area contributed by atoms with E-state index in [1.54, 1.807) is 24.3 Å². The van der Waals surface area contributed by atoms with Crippen LogP contribution in [0.25, 0.3) is 11.3 Å². The van der Waals surface area contributed by atoms with Crippen LogP contribution in [0.1, 0.15) is 55.4 Å². The van der Waals surface area contributed by atoms with E-state index in [0.717, 1.165) is 13.8 Å². The molecule has 0 aliphatic rings. The molecule has 2 aromatic heterocycles. The molecule has 0 unspecified atom stereocenters. The van der Waals surface area contributed by atoms with Gasteiger partial charge in [0.05, 0.1) is 17.5 Å². The van der Waals surface area contributed by atoms with Gasteiger partial charge in [-0.3, -0.25) is 14.9 Å². The highest BCUT2D eigenvalue weighted by Gasteiger charge is 2.47. The van der Waals surface area contributed by atoms with Crippen molar-refractivity contribution in [3.05, 3.63) is 47.2 Å². The first-order valence-electron chi connectivity index (χ1n) is 10.8. The number of nitrogen functional groups attached to an aromatic ring is 1. The Morgan fingerprint density at radius 1 is 1.17 bits per heavy atom. The first-order valence-corrected chi connectivity index (χ1v) is 10.8. The molecule has 35 heavy (non-hydrogen) atoms. The summed E-state index contributed by atoms with van der Waals surface area (Å²) in [5.41, 5.74) is 11.3. The summed E-state index contributed by atoms with van der Waals surface area (Å²) in [7, 11) is 0. The summed E-state index contributed by atoms with van der Waals surface area (Å²) < 4.78 is 45.7. The Morgan fingerprint density at radius 3 is 2.34 bits per heavy atom. The van der Waals surface area contributed by atoms with Crippen molar-refractivity contribution in [1.29, 1.82) is 0 Å². The topological polar surface area (TPSA) is 142 Å². The van der Waals surface area contributed by atoms with E-state index >= 15 is 0 Å². The highest BCUT2D eigenvalue weighted by atomic mass is 19.4. The number of hydrogen-bond donors (Lipinski definition) is 3. The third-order valence-electron chi connectivity index (χ3n) is 5.49. The molecule has 2 amide bonds. The van der Waals surface area contributed by atoms with Crippen molar-refractivity contribution in [3.8, 4) is 11.3 Å². The number of hydrogen-bond acceptors (Lipinski definition) is 6. The molecule has 3 rings (SSSR count). The Bertz CT molecular complexity index is 1230. The lowest BCUT2D eigenvalue weighted by Gasteiger charge is -2.26. The number of amides is 2. The van der Waals surface area contributed by atoms with E-state index in [1.165, 1.54) is 10.7 Å². The number of anilines is 2. The third-order valence-corrected chi connectivity index (χ3v) is 5.49. The number of halogens is 3. The first kappa shape index (κ1) is 25.8. The molecular weight excluding hydrogens is 465 g/mol. The molecule has 0 aliphatic carbocycles. The zero-order valence-electron chi connectivity index (χ0n) is 19.7. The molecule has 0 aliphatic heterocycles. The Balaban J connectivity index is 1.69. The summed E-state index contributed by atoms with van der Waals surface area (Å²) in [5, 5.41) is 10.5. The minimum Gasteiger partial charge on any atom is -0.383 e. The molecule has 12 heteroatoms. The highest BCUT2D eigenvalue weighted by Crippen LogP contribution is 2.40. The van der Waals surface area contributed by atoms with Gasteiger partial charge >= 0.3 is 6.18 Å². The lowest BCUT2D eigenvalue weighted by Crippen LogP contribution is -2.34. The van der Waals surface area contributed by atoms with Gasteiger partial charge in [0.25, 0.3) is 5.91 Å². The van der Waals surface area contributed by atoms with Gasteiger partial charge in [-0.15, -0.1) is 0 Å². The largest absolute Gasteiger partial charge is 0.394 e. The highest BCUT2D eigenvalue weighted by molar-refractivity contribution is 6.03. The second kappa shape index (κ2) is 9.43. The van der Waals surface area contributed by atoms with Crippen LogP contribution in [-0.4, -0.2) is 32.9 Å². The molecule has 0 saturated carbocycles. The maximum Gasteiger partial charge on any atom is 0.394 e. The molecule has 3 aromatic rings. The number of primary amides is 1. The van der Waals surface area contributed by atoms with Crippen LogP contribution in [0, 0.1) is 5.41 Å². The van der Waals surface area contributed by atoms with Crippen molar-refractivity contribution in [2.24, 2.45) is 11.1 Å². The number of nitrogens with zero attached hydrogens (tertiary/aromatic N) is 3. The number of rotatable bonds is 8. The molecule has 9 nitrogen and oxygen atoms in total. The van der Waals surface area contributed by atoms with Gasteiger partial charge in [0.2, 0.25) is 11.8 Å². The Kier molecular flexibility index (Phi) is 6.95. The van der Waals surface area contributed by atoms with Crippen LogP contribution in [0.2, 0.25) is 0 Å². The second-order valence-corrected chi connectivity index (χ2v) is 9.17. The molecule has 0 spiro atoms. The van der Waals surface area contributed by atoms with Crippen LogP contribution >= 0.6 is 0 Å². The zero-order chi connectivity index (χ0) is 26.1. The standard InChI is InChI=1S/C23H27F3N6O3/c1-12(2)32-20(27)18(21(28)34)19(30-32)14-7-5-13(6-8-14)9-16(33)29-17-10-15(31-35-17)11-22(3,4)23(24,25)26/h5-8,10,12H,9,11,27H2,1-4H3,(H2,28,34)(H,29,33). The van der Waals surface area contributed by atoms with Crippen molar-refractivity contribution >= 4 is 23.5 Å². The van der Waals surface area contributed by atoms with Crippen LogP contribution in [0.3, 0.4) is 0 Å². The Hall–Kier alpha value is -3.83. The summed E-state index contributed by atoms with van der Waals surface area (Å²) in [6.45, 7) is 5.87. The predicted molar refractivity (Wildman–Crippen MR) is 123 cm³/mol. The molecule has 1 aromatic carbocycles. The maximum absolute atomic E-state index is 13.1. The van der Waals surface area contributed by atoms with Gasteiger partial charge < -0.3 is 16.0 Å². The lowest BCUT2D eigenvalue weighted by molar-refractivity contribution is -0.211.